The highest BCUT2D eigenvalue weighted by Crippen LogP contribution is 2.36. The van der Waals surface area contributed by atoms with E-state index in [4.69, 9.17) is 4.74 Å². The van der Waals surface area contributed by atoms with Crippen molar-refractivity contribution in [1.82, 2.24) is 9.88 Å². The number of pyridine rings is 1. The lowest BCUT2D eigenvalue weighted by atomic mass is 10.1. The highest BCUT2D eigenvalue weighted by atomic mass is 32.1. The van der Waals surface area contributed by atoms with Crippen molar-refractivity contribution in [2.75, 3.05) is 12.4 Å². The van der Waals surface area contributed by atoms with Crippen LogP contribution in [0.3, 0.4) is 0 Å². The Morgan fingerprint density at radius 3 is 2.57 bits per heavy atom. The van der Waals surface area contributed by atoms with Gasteiger partial charge in [0.1, 0.15) is 5.60 Å². The maximum absolute atomic E-state index is 12.3. The zero-order chi connectivity index (χ0) is 21.5. The number of amides is 2. The van der Waals surface area contributed by atoms with Gasteiger partial charge in [0.05, 0.1) is 11.9 Å². The Morgan fingerprint density at radius 1 is 1.10 bits per heavy atom. The smallest absolute Gasteiger partial charge is 0.412 e. The van der Waals surface area contributed by atoms with E-state index in [1.165, 1.54) is 0 Å². The number of benzene rings is 1. The summed E-state index contributed by atoms with van der Waals surface area (Å²) in [5.41, 5.74) is 3.76. The van der Waals surface area contributed by atoms with E-state index in [0.29, 0.717) is 12.2 Å². The standard InChI is InChI=1S/C23H23N3O3S/c1-23(2,3)29-22(28)25-17-9-16(11-24-12-17)20-8-7-19(30-20)14-5-6-15-13-26(4)21(27)18(15)10-14/h5-12H,13H2,1-4H3,(H,25,28). The molecule has 0 spiro atoms. The third-order valence-electron chi connectivity index (χ3n) is 4.65. The quantitative estimate of drug-likeness (QED) is 0.614. The van der Waals surface area contributed by atoms with Gasteiger partial charge >= 0.3 is 6.09 Å². The van der Waals surface area contributed by atoms with E-state index in [9.17, 15) is 9.59 Å². The molecule has 7 heteroatoms. The van der Waals surface area contributed by atoms with Crippen molar-refractivity contribution in [1.29, 1.82) is 0 Å². The van der Waals surface area contributed by atoms with Gasteiger partial charge < -0.3 is 9.64 Å². The van der Waals surface area contributed by atoms with Crippen LogP contribution in [0.25, 0.3) is 20.9 Å². The second kappa shape index (κ2) is 7.57. The van der Waals surface area contributed by atoms with Crippen LogP contribution >= 0.6 is 11.3 Å². The average molecular weight is 422 g/mol. The molecule has 0 saturated carbocycles. The molecule has 30 heavy (non-hydrogen) atoms. The second-order valence-electron chi connectivity index (χ2n) is 8.29. The Balaban J connectivity index is 1.55. The van der Waals surface area contributed by atoms with Crippen molar-refractivity contribution in [2.45, 2.75) is 32.9 Å². The number of carbonyl (C=O) groups excluding carboxylic acids is 2. The highest BCUT2D eigenvalue weighted by Gasteiger charge is 2.24. The fourth-order valence-corrected chi connectivity index (χ4v) is 4.30. The van der Waals surface area contributed by atoms with E-state index in [2.05, 4.69) is 16.4 Å². The summed E-state index contributed by atoms with van der Waals surface area (Å²) in [6, 6.07) is 12.0. The SMILES string of the molecule is CN1Cc2ccc(-c3ccc(-c4cncc(NC(=O)OC(C)(C)C)c4)s3)cc2C1=O. The number of ether oxygens (including phenoxy) is 1. The van der Waals surface area contributed by atoms with Gasteiger partial charge in [0.2, 0.25) is 0 Å². The van der Waals surface area contributed by atoms with Crippen molar-refractivity contribution in [2.24, 2.45) is 0 Å². The van der Waals surface area contributed by atoms with Gasteiger partial charge in [0.15, 0.2) is 0 Å². The van der Waals surface area contributed by atoms with Crippen molar-refractivity contribution >= 4 is 29.0 Å². The van der Waals surface area contributed by atoms with Crippen LogP contribution in [0.1, 0.15) is 36.7 Å². The van der Waals surface area contributed by atoms with Gasteiger partial charge in [-0.25, -0.2) is 4.79 Å². The molecule has 0 bridgehead atoms. The summed E-state index contributed by atoms with van der Waals surface area (Å²) in [6.45, 7) is 6.12. The molecule has 1 aliphatic rings. The number of nitrogens with one attached hydrogen (secondary N) is 1. The average Bonchev–Trinajstić information content (AvgIpc) is 3.26. The van der Waals surface area contributed by atoms with E-state index in [1.807, 2.05) is 58.2 Å². The first kappa shape index (κ1) is 20.1. The number of nitrogens with zero attached hydrogens (tertiary/aromatic N) is 2. The van der Waals surface area contributed by atoms with Crippen LogP contribution in [-0.2, 0) is 11.3 Å². The maximum atomic E-state index is 12.3. The van der Waals surface area contributed by atoms with Gasteiger partial charge in [-0.2, -0.15) is 0 Å². The van der Waals surface area contributed by atoms with Gasteiger partial charge in [-0.3, -0.25) is 15.1 Å². The first-order valence-corrected chi connectivity index (χ1v) is 10.5. The molecule has 0 fully saturated rings. The molecule has 0 aliphatic carbocycles. The first-order chi connectivity index (χ1) is 14.2. The summed E-state index contributed by atoms with van der Waals surface area (Å²) in [5.74, 6) is 0.0637. The van der Waals surface area contributed by atoms with Crippen molar-refractivity contribution < 1.29 is 14.3 Å². The van der Waals surface area contributed by atoms with Gasteiger partial charge in [-0.1, -0.05) is 12.1 Å². The predicted octanol–water partition coefficient (Wildman–Crippen LogP) is 5.41. The lowest BCUT2D eigenvalue weighted by molar-refractivity contribution is 0.0635. The monoisotopic (exact) mass is 421 g/mol. The van der Waals surface area contributed by atoms with Gasteiger partial charge in [-0.05, 0) is 56.2 Å². The molecule has 3 aromatic rings. The van der Waals surface area contributed by atoms with Crippen LogP contribution in [0.2, 0.25) is 0 Å². The molecule has 1 aliphatic heterocycles. The summed E-state index contributed by atoms with van der Waals surface area (Å²) < 4.78 is 5.30. The van der Waals surface area contributed by atoms with Crippen molar-refractivity contribution in [3.05, 3.63) is 59.9 Å². The second-order valence-corrected chi connectivity index (χ2v) is 9.37. The zero-order valence-corrected chi connectivity index (χ0v) is 18.2. The fourth-order valence-electron chi connectivity index (χ4n) is 3.31. The molecular formula is C23H23N3O3S. The lowest BCUT2D eigenvalue weighted by Gasteiger charge is -2.19. The van der Waals surface area contributed by atoms with Crippen LogP contribution in [-0.4, -0.2) is 34.5 Å². The molecule has 1 N–H and O–H groups in total. The molecule has 2 aromatic heterocycles. The molecule has 6 nitrogen and oxygen atoms in total. The number of thiophene rings is 1. The van der Waals surface area contributed by atoms with Crippen LogP contribution in [0.15, 0.2) is 48.8 Å². The predicted molar refractivity (Wildman–Crippen MR) is 119 cm³/mol. The number of anilines is 1. The molecule has 4 rings (SSSR count). The number of fused-ring (bicyclic) bond motifs is 1. The third kappa shape index (κ3) is 4.21. The maximum Gasteiger partial charge on any atom is 0.412 e. The minimum absolute atomic E-state index is 0.0637. The van der Waals surface area contributed by atoms with Crippen molar-refractivity contribution in [3.63, 3.8) is 0 Å². The third-order valence-corrected chi connectivity index (χ3v) is 5.84. The number of aromatic nitrogens is 1. The minimum atomic E-state index is -0.566. The van der Waals surface area contributed by atoms with E-state index < -0.39 is 11.7 Å². The zero-order valence-electron chi connectivity index (χ0n) is 17.4. The molecule has 0 atom stereocenters. The Bertz CT molecular complexity index is 1130. The molecule has 154 valence electrons. The Morgan fingerprint density at radius 2 is 1.83 bits per heavy atom. The number of rotatable bonds is 3. The molecule has 0 saturated heterocycles. The molecule has 3 heterocycles. The molecular weight excluding hydrogens is 398 g/mol. The van der Waals surface area contributed by atoms with E-state index in [-0.39, 0.29) is 5.91 Å². The normalized spacial score (nSPS) is 13.3. The summed E-state index contributed by atoms with van der Waals surface area (Å²) >= 11 is 1.62. The van der Waals surface area contributed by atoms with Gasteiger partial charge in [0.25, 0.3) is 5.91 Å². The lowest BCUT2D eigenvalue weighted by Crippen LogP contribution is -2.27. The van der Waals surface area contributed by atoms with E-state index in [1.54, 1.807) is 28.6 Å². The number of hydrogen-bond donors (Lipinski definition) is 1. The highest BCUT2D eigenvalue weighted by molar-refractivity contribution is 7.18. The van der Waals surface area contributed by atoms with Gasteiger partial charge in [0, 0.05) is 40.7 Å². The molecule has 0 unspecified atom stereocenters. The van der Waals surface area contributed by atoms with E-state index >= 15 is 0 Å². The van der Waals surface area contributed by atoms with Crippen molar-refractivity contribution in [3.8, 4) is 20.9 Å². The Kier molecular flexibility index (Phi) is 5.07. The van der Waals surface area contributed by atoms with Crippen LogP contribution in [0, 0.1) is 0 Å². The number of carbonyl (C=O) groups is 2. The van der Waals surface area contributed by atoms with Gasteiger partial charge in [-0.15, -0.1) is 11.3 Å². The summed E-state index contributed by atoms with van der Waals surface area (Å²) in [6.07, 6.45) is 2.84. The van der Waals surface area contributed by atoms with Crippen LogP contribution in [0.4, 0.5) is 10.5 Å². The molecule has 1 aromatic carbocycles. The summed E-state index contributed by atoms with van der Waals surface area (Å²) in [7, 11) is 1.82. The topological polar surface area (TPSA) is 71.5 Å². The Labute approximate surface area is 179 Å². The fraction of sp³-hybridized carbons (Fsp3) is 0.261. The van der Waals surface area contributed by atoms with E-state index in [0.717, 1.165) is 32.0 Å². The Hall–Kier alpha value is -3.19. The van der Waals surface area contributed by atoms with Crippen LogP contribution < -0.4 is 5.32 Å². The van der Waals surface area contributed by atoms with Crippen LogP contribution in [0.5, 0.6) is 0 Å². The molecule has 2 amide bonds. The minimum Gasteiger partial charge on any atom is -0.444 e. The largest absolute Gasteiger partial charge is 0.444 e. The molecule has 0 radical (unpaired) electrons. The first-order valence-electron chi connectivity index (χ1n) is 9.64. The number of hydrogen-bond acceptors (Lipinski definition) is 5. The summed E-state index contributed by atoms with van der Waals surface area (Å²) in [5, 5.41) is 2.72. The summed E-state index contributed by atoms with van der Waals surface area (Å²) in [4.78, 5) is 32.4.